The molecule has 0 heterocycles. The van der Waals surface area contributed by atoms with Crippen molar-refractivity contribution in [3.63, 3.8) is 0 Å². The third kappa shape index (κ3) is 7.20. The molecule has 0 bridgehead atoms. The molecule has 0 unspecified atom stereocenters. The molecule has 7 heteroatoms. The van der Waals surface area contributed by atoms with Gasteiger partial charge in [-0.1, -0.05) is 70.5 Å². The molecular weight excluding hydrogens is 520 g/mol. The first-order valence-electron chi connectivity index (χ1n) is 11.3. The number of benzene rings is 4. The Morgan fingerprint density at radius 3 is 2.36 bits per heavy atom. The minimum atomic E-state index is -0.359. The Bertz CT molecular complexity index is 1320. The van der Waals surface area contributed by atoms with Gasteiger partial charge in [0.05, 0.1) is 13.3 Å². The second-order valence-corrected chi connectivity index (χ2v) is 8.74. The number of ether oxygens (including phenoxy) is 3. The first kappa shape index (κ1) is 25.0. The molecule has 0 aliphatic carbocycles. The van der Waals surface area contributed by atoms with E-state index in [1.54, 1.807) is 24.4 Å². The lowest BCUT2D eigenvalue weighted by atomic mass is 10.2. The Labute approximate surface area is 218 Å². The predicted octanol–water partition coefficient (Wildman–Crippen LogP) is 6.38. The van der Waals surface area contributed by atoms with E-state index in [0.717, 1.165) is 21.2 Å². The molecule has 0 aliphatic rings. The van der Waals surface area contributed by atoms with Crippen molar-refractivity contribution >= 4 is 28.1 Å². The molecule has 0 aromatic heterocycles. The lowest BCUT2D eigenvalue weighted by molar-refractivity contribution is 0.0954. The molecule has 0 radical (unpaired) electrons. The standard InChI is InChI=1S/C29H25BrN2O4/c1-34-28-17-24(12-15-27(28)36-20-21-6-3-2-4-7-21)29(33)32-31-18-23-8-5-9-26(16-23)35-19-22-10-13-25(30)14-11-22/h2-18H,19-20H2,1H3,(H,32,33)/b31-18+. The van der Waals surface area contributed by atoms with Gasteiger partial charge in [0.15, 0.2) is 11.5 Å². The van der Waals surface area contributed by atoms with Crippen LogP contribution in [0, 0.1) is 0 Å². The third-order valence-corrected chi connectivity index (χ3v) is 5.75. The number of carbonyl (C=O) groups excluding carboxylic acids is 1. The molecule has 4 aromatic carbocycles. The van der Waals surface area contributed by atoms with Crippen LogP contribution in [0.2, 0.25) is 0 Å². The molecule has 0 aliphatic heterocycles. The predicted molar refractivity (Wildman–Crippen MR) is 144 cm³/mol. The molecule has 0 atom stereocenters. The van der Waals surface area contributed by atoms with Gasteiger partial charge in [0, 0.05) is 10.0 Å². The van der Waals surface area contributed by atoms with E-state index in [0.29, 0.717) is 36.0 Å². The second kappa shape index (κ2) is 12.6. The van der Waals surface area contributed by atoms with Gasteiger partial charge < -0.3 is 14.2 Å². The molecule has 0 spiro atoms. The summed E-state index contributed by atoms with van der Waals surface area (Å²) in [4.78, 5) is 12.6. The SMILES string of the molecule is COc1cc(C(=O)N/N=C/c2cccc(OCc3ccc(Br)cc3)c2)ccc1OCc1ccccc1. The van der Waals surface area contributed by atoms with Crippen LogP contribution in [0.4, 0.5) is 0 Å². The minimum absolute atomic E-state index is 0.359. The molecule has 0 fully saturated rings. The van der Waals surface area contributed by atoms with Crippen molar-refractivity contribution in [1.82, 2.24) is 5.43 Å². The Hall–Kier alpha value is -4.10. The maximum absolute atomic E-state index is 12.6. The number of nitrogens with zero attached hydrogens (tertiary/aromatic N) is 1. The van der Waals surface area contributed by atoms with Crippen LogP contribution in [-0.2, 0) is 13.2 Å². The largest absolute Gasteiger partial charge is 0.493 e. The van der Waals surface area contributed by atoms with E-state index in [-0.39, 0.29) is 5.91 Å². The Morgan fingerprint density at radius 2 is 1.58 bits per heavy atom. The van der Waals surface area contributed by atoms with Crippen molar-refractivity contribution in [2.45, 2.75) is 13.2 Å². The third-order valence-electron chi connectivity index (χ3n) is 5.22. The average molecular weight is 545 g/mol. The topological polar surface area (TPSA) is 69.2 Å². The first-order chi connectivity index (χ1) is 17.6. The van der Waals surface area contributed by atoms with Crippen LogP contribution in [0.3, 0.4) is 0 Å². The number of hydrogen-bond donors (Lipinski definition) is 1. The summed E-state index contributed by atoms with van der Waals surface area (Å²) in [6.45, 7) is 0.858. The fourth-order valence-corrected chi connectivity index (χ4v) is 3.59. The molecule has 6 nitrogen and oxygen atoms in total. The summed E-state index contributed by atoms with van der Waals surface area (Å²) in [5, 5.41) is 4.08. The molecule has 36 heavy (non-hydrogen) atoms. The number of rotatable bonds is 10. The highest BCUT2D eigenvalue weighted by molar-refractivity contribution is 9.10. The lowest BCUT2D eigenvalue weighted by Crippen LogP contribution is -2.17. The van der Waals surface area contributed by atoms with Crippen LogP contribution >= 0.6 is 15.9 Å². The minimum Gasteiger partial charge on any atom is -0.493 e. The van der Waals surface area contributed by atoms with Crippen LogP contribution in [0.25, 0.3) is 0 Å². The second-order valence-electron chi connectivity index (χ2n) is 7.83. The van der Waals surface area contributed by atoms with Crippen LogP contribution in [0.1, 0.15) is 27.0 Å². The molecule has 0 saturated carbocycles. The molecule has 0 saturated heterocycles. The van der Waals surface area contributed by atoms with Crippen molar-refractivity contribution in [2.24, 2.45) is 5.10 Å². The van der Waals surface area contributed by atoms with E-state index < -0.39 is 0 Å². The van der Waals surface area contributed by atoms with Crippen molar-refractivity contribution in [3.05, 3.63) is 124 Å². The molecule has 182 valence electrons. The maximum Gasteiger partial charge on any atom is 0.271 e. The molecular formula is C29H25BrN2O4. The molecule has 1 amide bonds. The van der Waals surface area contributed by atoms with Gasteiger partial charge in [-0.25, -0.2) is 5.43 Å². The zero-order chi connectivity index (χ0) is 25.2. The summed E-state index contributed by atoms with van der Waals surface area (Å²) in [7, 11) is 1.54. The highest BCUT2D eigenvalue weighted by Crippen LogP contribution is 2.29. The van der Waals surface area contributed by atoms with Gasteiger partial charge in [0.2, 0.25) is 0 Å². The van der Waals surface area contributed by atoms with E-state index in [1.807, 2.05) is 78.9 Å². The number of nitrogens with one attached hydrogen (secondary N) is 1. The summed E-state index contributed by atoms with van der Waals surface area (Å²) in [6, 6.07) is 30.3. The van der Waals surface area contributed by atoms with Gasteiger partial charge in [-0.3, -0.25) is 4.79 Å². The van der Waals surface area contributed by atoms with Crippen LogP contribution in [0.15, 0.2) is 107 Å². The number of amides is 1. The number of hydrogen-bond acceptors (Lipinski definition) is 5. The zero-order valence-electron chi connectivity index (χ0n) is 19.7. The molecule has 1 N–H and O–H groups in total. The van der Waals surface area contributed by atoms with Gasteiger partial charge in [-0.05, 0) is 59.2 Å². The van der Waals surface area contributed by atoms with Crippen molar-refractivity contribution < 1.29 is 19.0 Å². The van der Waals surface area contributed by atoms with Gasteiger partial charge >= 0.3 is 0 Å². The fraction of sp³-hybridized carbons (Fsp3) is 0.103. The smallest absolute Gasteiger partial charge is 0.271 e. The average Bonchev–Trinajstić information content (AvgIpc) is 2.92. The van der Waals surface area contributed by atoms with Crippen LogP contribution in [-0.4, -0.2) is 19.2 Å². The normalized spacial score (nSPS) is 10.7. The molecule has 4 rings (SSSR count). The van der Waals surface area contributed by atoms with Crippen molar-refractivity contribution in [1.29, 1.82) is 0 Å². The van der Waals surface area contributed by atoms with Gasteiger partial charge in [0.1, 0.15) is 19.0 Å². The van der Waals surface area contributed by atoms with Crippen LogP contribution < -0.4 is 19.6 Å². The van der Waals surface area contributed by atoms with E-state index >= 15 is 0 Å². The summed E-state index contributed by atoms with van der Waals surface area (Å²) in [5.41, 5.74) is 5.86. The van der Waals surface area contributed by atoms with Gasteiger partial charge in [-0.15, -0.1) is 0 Å². The highest BCUT2D eigenvalue weighted by atomic mass is 79.9. The number of halogens is 1. The fourth-order valence-electron chi connectivity index (χ4n) is 3.33. The molecule has 4 aromatic rings. The lowest BCUT2D eigenvalue weighted by Gasteiger charge is -2.12. The van der Waals surface area contributed by atoms with Crippen molar-refractivity contribution in [2.75, 3.05) is 7.11 Å². The highest BCUT2D eigenvalue weighted by Gasteiger charge is 2.11. The Kier molecular flexibility index (Phi) is 8.72. The van der Waals surface area contributed by atoms with E-state index in [9.17, 15) is 4.79 Å². The van der Waals surface area contributed by atoms with Crippen molar-refractivity contribution in [3.8, 4) is 17.2 Å². The maximum atomic E-state index is 12.6. The first-order valence-corrected chi connectivity index (χ1v) is 12.1. The summed E-state index contributed by atoms with van der Waals surface area (Å²) in [5.74, 6) is 1.38. The summed E-state index contributed by atoms with van der Waals surface area (Å²) < 4.78 is 18.2. The van der Waals surface area contributed by atoms with Crippen LogP contribution in [0.5, 0.6) is 17.2 Å². The summed E-state index contributed by atoms with van der Waals surface area (Å²) >= 11 is 3.43. The Balaban J connectivity index is 1.32. The quantitative estimate of drug-likeness (QED) is 0.186. The number of carbonyl (C=O) groups is 1. The van der Waals surface area contributed by atoms with Gasteiger partial charge in [-0.2, -0.15) is 5.10 Å². The zero-order valence-corrected chi connectivity index (χ0v) is 21.3. The van der Waals surface area contributed by atoms with E-state index in [4.69, 9.17) is 14.2 Å². The number of methoxy groups -OCH3 is 1. The monoisotopic (exact) mass is 544 g/mol. The Morgan fingerprint density at radius 1 is 0.833 bits per heavy atom. The number of hydrazone groups is 1. The van der Waals surface area contributed by atoms with E-state index in [1.165, 1.54) is 7.11 Å². The van der Waals surface area contributed by atoms with E-state index in [2.05, 4.69) is 26.5 Å². The van der Waals surface area contributed by atoms with Gasteiger partial charge in [0.25, 0.3) is 5.91 Å². The summed E-state index contributed by atoms with van der Waals surface area (Å²) in [6.07, 6.45) is 1.57.